The predicted octanol–water partition coefficient (Wildman–Crippen LogP) is 5.57. The largest absolute Gasteiger partial charge is 0.371 e. The average Bonchev–Trinajstić information content (AvgIpc) is 3.48. The van der Waals surface area contributed by atoms with Crippen LogP contribution in [-0.2, 0) is 6.42 Å². The number of aryl methyl sites for hydroxylation is 3. The Kier molecular flexibility index (Phi) is 7.04. The van der Waals surface area contributed by atoms with Crippen LogP contribution in [0.15, 0.2) is 41.8 Å². The minimum absolute atomic E-state index is 0.0325. The van der Waals surface area contributed by atoms with E-state index in [1.165, 1.54) is 22.6 Å². The number of halogens is 1. The molecule has 1 aliphatic heterocycles. The first kappa shape index (κ1) is 24.8. The summed E-state index contributed by atoms with van der Waals surface area (Å²) in [6.07, 6.45) is 3.56. The molecule has 3 aromatic rings. The van der Waals surface area contributed by atoms with Gasteiger partial charge in [0, 0.05) is 48.8 Å². The van der Waals surface area contributed by atoms with E-state index in [-0.39, 0.29) is 23.9 Å². The molecule has 0 bridgehead atoms. The molecule has 8 heteroatoms. The summed E-state index contributed by atoms with van der Waals surface area (Å²) in [6.45, 7) is 5.88. The van der Waals surface area contributed by atoms with Crippen molar-refractivity contribution in [1.29, 1.82) is 0 Å². The summed E-state index contributed by atoms with van der Waals surface area (Å²) in [6, 6.07) is 12.0. The Morgan fingerprint density at radius 3 is 2.47 bits per heavy atom. The van der Waals surface area contributed by atoms with Gasteiger partial charge in [-0.25, -0.2) is 0 Å². The van der Waals surface area contributed by atoms with Gasteiger partial charge >= 0.3 is 0 Å². The minimum atomic E-state index is -0.159. The maximum Gasteiger partial charge on any atom is 0.263 e. The first-order valence-electron chi connectivity index (χ1n) is 12.4. The number of piperidine rings is 1. The number of rotatable bonds is 5. The second kappa shape index (κ2) is 10.2. The van der Waals surface area contributed by atoms with E-state index in [1.54, 1.807) is 6.07 Å². The summed E-state index contributed by atoms with van der Waals surface area (Å²) < 4.78 is 0. The van der Waals surface area contributed by atoms with E-state index in [9.17, 15) is 9.59 Å². The second-order valence-corrected chi connectivity index (χ2v) is 11.1. The van der Waals surface area contributed by atoms with Crippen LogP contribution >= 0.6 is 22.9 Å². The van der Waals surface area contributed by atoms with E-state index in [1.807, 2.05) is 49.4 Å². The molecule has 2 amide bonds. The number of carbonyl (C=O) groups is 2. The number of fused-ring (bicyclic) bond motifs is 1. The van der Waals surface area contributed by atoms with Gasteiger partial charge in [-0.1, -0.05) is 17.7 Å². The summed E-state index contributed by atoms with van der Waals surface area (Å²) in [7, 11) is 1.91. The van der Waals surface area contributed by atoms with Crippen LogP contribution in [0.5, 0.6) is 0 Å². The monoisotopic (exact) mass is 522 g/mol. The number of benzene rings is 1. The van der Waals surface area contributed by atoms with E-state index in [0.717, 1.165) is 55.7 Å². The summed E-state index contributed by atoms with van der Waals surface area (Å²) in [5.74, 6) is -0.127. The van der Waals surface area contributed by atoms with Gasteiger partial charge < -0.3 is 15.1 Å². The van der Waals surface area contributed by atoms with Gasteiger partial charge in [0.25, 0.3) is 11.8 Å². The Morgan fingerprint density at radius 1 is 1.08 bits per heavy atom. The number of hydrogen-bond acceptors (Lipinski definition) is 5. The van der Waals surface area contributed by atoms with Crippen LogP contribution in [0.2, 0.25) is 5.02 Å². The molecule has 1 fully saturated rings. The van der Waals surface area contributed by atoms with Gasteiger partial charge in [0.05, 0.1) is 11.1 Å². The average molecular weight is 523 g/mol. The van der Waals surface area contributed by atoms with Crippen LogP contribution in [0.4, 0.5) is 5.69 Å². The molecule has 1 atom stereocenters. The molecular formula is C28H31ClN4O2S. The van der Waals surface area contributed by atoms with Gasteiger partial charge in [-0.2, -0.15) is 0 Å². The van der Waals surface area contributed by atoms with Crippen molar-refractivity contribution in [2.24, 2.45) is 0 Å². The Hall–Kier alpha value is -2.90. The third-order valence-electron chi connectivity index (χ3n) is 7.36. The topological polar surface area (TPSA) is 65.5 Å². The number of anilines is 1. The summed E-state index contributed by atoms with van der Waals surface area (Å²) >= 11 is 7.49. The van der Waals surface area contributed by atoms with Crippen molar-refractivity contribution in [3.8, 4) is 0 Å². The fourth-order valence-electron chi connectivity index (χ4n) is 5.44. The molecule has 1 unspecified atom stereocenters. The van der Waals surface area contributed by atoms with Gasteiger partial charge in [-0.3, -0.25) is 14.6 Å². The van der Waals surface area contributed by atoms with Crippen LogP contribution in [0.25, 0.3) is 0 Å². The number of hydrogen-bond donors (Lipinski definition) is 1. The first-order valence-corrected chi connectivity index (χ1v) is 13.7. The molecule has 1 saturated heterocycles. The molecule has 3 heterocycles. The standard InChI is InChI=1S/C28H31ClN4O2S/c1-17-14-22(15-18(2)30-17)33-11-8-21(9-12-33)32(3)28(35)20-5-4-19-6-7-25(23(19)16-20)31-27(34)26-24(29)10-13-36-26/h4-5,10,13-16,21,25H,6-9,11-12H2,1-3H3,(H,31,34). The molecule has 2 aliphatic rings. The van der Waals surface area contributed by atoms with Crippen molar-refractivity contribution >= 4 is 40.4 Å². The summed E-state index contributed by atoms with van der Waals surface area (Å²) in [5.41, 5.74) is 6.17. The lowest BCUT2D eigenvalue weighted by Crippen LogP contribution is -2.45. The van der Waals surface area contributed by atoms with E-state index >= 15 is 0 Å². The van der Waals surface area contributed by atoms with E-state index < -0.39 is 0 Å². The Morgan fingerprint density at radius 2 is 1.81 bits per heavy atom. The van der Waals surface area contributed by atoms with Gasteiger partial charge in [0.2, 0.25) is 0 Å². The third-order valence-corrected chi connectivity index (χ3v) is 8.70. The highest BCUT2D eigenvalue weighted by Crippen LogP contribution is 2.34. The normalized spacial score (nSPS) is 17.7. The van der Waals surface area contributed by atoms with Gasteiger partial charge in [-0.05, 0) is 86.4 Å². The zero-order valence-corrected chi connectivity index (χ0v) is 22.5. The van der Waals surface area contributed by atoms with Gasteiger partial charge in [0.1, 0.15) is 4.88 Å². The van der Waals surface area contributed by atoms with Crippen molar-refractivity contribution in [1.82, 2.24) is 15.2 Å². The molecule has 1 N–H and O–H groups in total. The van der Waals surface area contributed by atoms with Crippen LogP contribution in [0.1, 0.15) is 67.8 Å². The quantitative estimate of drug-likeness (QED) is 0.475. The molecule has 0 saturated carbocycles. The fraction of sp³-hybridized carbons (Fsp3) is 0.393. The van der Waals surface area contributed by atoms with Gasteiger partial charge in [0.15, 0.2) is 0 Å². The highest BCUT2D eigenvalue weighted by molar-refractivity contribution is 7.12. The lowest BCUT2D eigenvalue weighted by Gasteiger charge is -2.38. The Balaban J connectivity index is 1.24. The highest BCUT2D eigenvalue weighted by Gasteiger charge is 2.29. The molecule has 5 rings (SSSR count). The highest BCUT2D eigenvalue weighted by atomic mass is 35.5. The number of amides is 2. The predicted molar refractivity (Wildman–Crippen MR) is 145 cm³/mol. The lowest BCUT2D eigenvalue weighted by molar-refractivity contribution is 0.0709. The van der Waals surface area contributed by atoms with Crippen LogP contribution in [0, 0.1) is 13.8 Å². The van der Waals surface area contributed by atoms with Crippen LogP contribution in [-0.4, -0.2) is 47.9 Å². The van der Waals surface area contributed by atoms with E-state index in [4.69, 9.17) is 11.6 Å². The van der Waals surface area contributed by atoms with E-state index in [2.05, 4.69) is 27.3 Å². The molecule has 188 valence electrons. The van der Waals surface area contributed by atoms with Crippen molar-refractivity contribution in [2.45, 2.75) is 51.6 Å². The number of nitrogens with one attached hydrogen (secondary N) is 1. The Bertz CT molecular complexity index is 1280. The number of thiophene rings is 1. The third kappa shape index (κ3) is 5.00. The Labute approximate surface area is 221 Å². The zero-order chi connectivity index (χ0) is 25.4. The molecular weight excluding hydrogens is 492 g/mol. The van der Waals surface area contributed by atoms with Gasteiger partial charge in [-0.15, -0.1) is 11.3 Å². The van der Waals surface area contributed by atoms with E-state index in [0.29, 0.717) is 15.5 Å². The van der Waals surface area contributed by atoms with Crippen LogP contribution in [0.3, 0.4) is 0 Å². The number of carbonyl (C=O) groups excluding carboxylic acids is 2. The fourth-order valence-corrected chi connectivity index (χ4v) is 6.48. The number of pyridine rings is 1. The molecule has 36 heavy (non-hydrogen) atoms. The van der Waals surface area contributed by atoms with Crippen molar-refractivity contribution in [3.63, 3.8) is 0 Å². The zero-order valence-electron chi connectivity index (χ0n) is 20.9. The van der Waals surface area contributed by atoms with Crippen molar-refractivity contribution in [3.05, 3.63) is 79.8 Å². The van der Waals surface area contributed by atoms with Crippen molar-refractivity contribution in [2.75, 3.05) is 25.0 Å². The summed E-state index contributed by atoms with van der Waals surface area (Å²) in [4.78, 5) is 35.5. The molecule has 2 aromatic heterocycles. The first-order chi connectivity index (χ1) is 17.3. The lowest BCUT2D eigenvalue weighted by atomic mass is 10.00. The number of nitrogens with zero attached hydrogens (tertiary/aromatic N) is 3. The van der Waals surface area contributed by atoms with Crippen LogP contribution < -0.4 is 10.2 Å². The molecule has 0 radical (unpaired) electrons. The smallest absolute Gasteiger partial charge is 0.263 e. The minimum Gasteiger partial charge on any atom is -0.371 e. The second-order valence-electron chi connectivity index (χ2n) is 9.82. The number of aromatic nitrogens is 1. The maximum atomic E-state index is 13.4. The van der Waals surface area contributed by atoms with Crippen molar-refractivity contribution < 1.29 is 9.59 Å². The maximum absolute atomic E-state index is 13.4. The molecule has 1 aromatic carbocycles. The molecule has 1 aliphatic carbocycles. The SMILES string of the molecule is Cc1cc(N2CCC(N(C)C(=O)c3ccc4c(c3)C(NC(=O)c3sccc3Cl)CC4)CC2)cc(C)n1. The molecule has 0 spiro atoms. The summed E-state index contributed by atoms with van der Waals surface area (Å²) in [5, 5.41) is 5.41. The molecule has 6 nitrogen and oxygen atoms in total.